The Hall–Kier alpha value is -4.44. The summed E-state index contributed by atoms with van der Waals surface area (Å²) in [6, 6.07) is 12.7. The van der Waals surface area contributed by atoms with Crippen molar-refractivity contribution >= 4 is 16.8 Å². The van der Waals surface area contributed by atoms with Gasteiger partial charge in [-0.05, 0) is 80.1 Å². The van der Waals surface area contributed by atoms with Gasteiger partial charge in [-0.3, -0.25) is 9.36 Å². The van der Waals surface area contributed by atoms with Gasteiger partial charge in [-0.2, -0.15) is 5.10 Å². The summed E-state index contributed by atoms with van der Waals surface area (Å²) in [5.41, 5.74) is 5.14. The normalized spacial score (nSPS) is 17.7. The second-order valence-electron chi connectivity index (χ2n) is 11.0. The number of hydrogen-bond donors (Lipinski definition) is 2. The number of rotatable bonds is 4. The lowest BCUT2D eigenvalue weighted by Gasteiger charge is -2.33. The molecule has 0 aliphatic carbocycles. The van der Waals surface area contributed by atoms with Crippen LogP contribution < -0.4 is 5.69 Å². The predicted molar refractivity (Wildman–Crippen MR) is 152 cm³/mol. The molecule has 210 valence electrons. The van der Waals surface area contributed by atoms with E-state index in [1.807, 2.05) is 17.9 Å². The summed E-state index contributed by atoms with van der Waals surface area (Å²) in [7, 11) is 0. The molecule has 5 heterocycles. The van der Waals surface area contributed by atoms with Crippen LogP contribution in [0.4, 0.5) is 4.39 Å². The topological polar surface area (TPSA) is 101 Å². The van der Waals surface area contributed by atoms with Gasteiger partial charge in [0.1, 0.15) is 17.3 Å². The highest BCUT2D eigenvalue weighted by Crippen LogP contribution is 2.36. The van der Waals surface area contributed by atoms with Crippen LogP contribution >= 0.6 is 0 Å². The SMILES string of the molecule is Cc1cc(-n2nc3c(c2-n2cc[nH]c2=O)[C@H](C)N(C(=O)c2cc4cc(C5CCOCC5)ccc4[nH]2)CC3)ccc1F. The van der Waals surface area contributed by atoms with Gasteiger partial charge in [-0.15, -0.1) is 0 Å². The number of benzene rings is 2. The highest BCUT2D eigenvalue weighted by molar-refractivity contribution is 5.98. The first-order chi connectivity index (χ1) is 19.9. The molecule has 2 N–H and O–H groups in total. The van der Waals surface area contributed by atoms with Crippen LogP contribution in [0, 0.1) is 12.7 Å². The first kappa shape index (κ1) is 25.5. The Labute approximate surface area is 235 Å². The maximum atomic E-state index is 14.1. The van der Waals surface area contributed by atoms with E-state index in [1.54, 1.807) is 36.1 Å². The Morgan fingerprint density at radius 1 is 1.12 bits per heavy atom. The molecular weight excluding hydrogens is 523 g/mol. The van der Waals surface area contributed by atoms with Gasteiger partial charge in [0.2, 0.25) is 0 Å². The van der Waals surface area contributed by atoms with Crippen molar-refractivity contribution in [2.75, 3.05) is 19.8 Å². The number of fused-ring (bicyclic) bond motifs is 2. The summed E-state index contributed by atoms with van der Waals surface area (Å²) < 4.78 is 22.8. The summed E-state index contributed by atoms with van der Waals surface area (Å²) in [6.45, 7) is 5.70. The lowest BCUT2D eigenvalue weighted by molar-refractivity contribution is 0.0672. The minimum atomic E-state index is -0.359. The first-order valence-corrected chi connectivity index (χ1v) is 14.0. The van der Waals surface area contributed by atoms with Crippen LogP contribution in [0.3, 0.4) is 0 Å². The van der Waals surface area contributed by atoms with E-state index >= 15 is 0 Å². The largest absolute Gasteiger partial charge is 0.381 e. The van der Waals surface area contributed by atoms with E-state index in [2.05, 4.69) is 28.2 Å². The van der Waals surface area contributed by atoms with Crippen molar-refractivity contribution < 1.29 is 13.9 Å². The summed E-state index contributed by atoms with van der Waals surface area (Å²) in [5.74, 6) is 0.596. The molecule has 5 aromatic rings. The molecule has 7 rings (SSSR count). The first-order valence-electron chi connectivity index (χ1n) is 14.0. The van der Waals surface area contributed by atoms with Gasteiger partial charge in [-0.1, -0.05) is 6.07 Å². The van der Waals surface area contributed by atoms with Crippen molar-refractivity contribution in [2.24, 2.45) is 0 Å². The van der Waals surface area contributed by atoms with E-state index in [-0.39, 0.29) is 23.5 Å². The van der Waals surface area contributed by atoms with Crippen LogP contribution in [-0.4, -0.2) is 54.9 Å². The molecule has 1 atom stereocenters. The third-order valence-corrected chi connectivity index (χ3v) is 8.54. The third kappa shape index (κ3) is 4.30. The van der Waals surface area contributed by atoms with Crippen LogP contribution in [-0.2, 0) is 11.2 Å². The number of amides is 1. The maximum Gasteiger partial charge on any atom is 0.331 e. The summed E-state index contributed by atoms with van der Waals surface area (Å²) in [4.78, 5) is 34.6. The number of hydrogen-bond acceptors (Lipinski definition) is 4. The summed E-state index contributed by atoms with van der Waals surface area (Å²) in [5, 5.41) is 5.88. The zero-order valence-electron chi connectivity index (χ0n) is 23.0. The Bertz CT molecular complexity index is 1840. The van der Waals surface area contributed by atoms with Gasteiger partial charge in [0, 0.05) is 55.0 Å². The molecule has 2 aromatic carbocycles. The molecule has 2 aliphatic heterocycles. The highest BCUT2D eigenvalue weighted by Gasteiger charge is 2.35. The Morgan fingerprint density at radius 3 is 2.71 bits per heavy atom. The number of nitrogens with one attached hydrogen (secondary N) is 2. The van der Waals surface area contributed by atoms with Gasteiger partial charge in [0.25, 0.3) is 5.91 Å². The number of halogens is 1. The molecular formula is C31H31FN6O3. The van der Waals surface area contributed by atoms with Crippen molar-refractivity contribution in [2.45, 2.75) is 45.1 Å². The second-order valence-corrected chi connectivity index (χ2v) is 11.0. The molecule has 0 bridgehead atoms. The zero-order chi connectivity index (χ0) is 28.2. The third-order valence-electron chi connectivity index (χ3n) is 8.54. The number of carbonyl (C=O) groups is 1. The van der Waals surface area contributed by atoms with E-state index < -0.39 is 0 Å². The van der Waals surface area contributed by atoms with Crippen molar-refractivity contribution in [3.8, 4) is 11.5 Å². The lowest BCUT2D eigenvalue weighted by atomic mass is 9.91. The minimum absolute atomic E-state index is 0.107. The molecule has 3 aromatic heterocycles. The van der Waals surface area contributed by atoms with Crippen LogP contribution in [0.1, 0.15) is 64.6 Å². The monoisotopic (exact) mass is 554 g/mol. The Kier molecular flexibility index (Phi) is 6.15. The fourth-order valence-corrected chi connectivity index (χ4v) is 6.30. The molecule has 0 saturated carbocycles. The van der Waals surface area contributed by atoms with Gasteiger partial charge >= 0.3 is 5.69 Å². The smallest absolute Gasteiger partial charge is 0.331 e. The van der Waals surface area contributed by atoms with E-state index in [1.165, 1.54) is 16.2 Å². The summed E-state index contributed by atoms with van der Waals surface area (Å²) >= 11 is 0. The average molecular weight is 555 g/mol. The van der Waals surface area contributed by atoms with Crippen molar-refractivity contribution in [1.82, 2.24) is 29.2 Å². The number of carbonyl (C=O) groups excluding carboxylic acids is 1. The average Bonchev–Trinajstić information content (AvgIpc) is 3.71. The van der Waals surface area contributed by atoms with Crippen LogP contribution in [0.25, 0.3) is 22.4 Å². The molecule has 1 amide bonds. The number of aryl methyl sites for hydroxylation is 1. The molecule has 0 unspecified atom stereocenters. The zero-order valence-corrected chi connectivity index (χ0v) is 23.0. The fraction of sp³-hybridized carbons (Fsp3) is 0.323. The molecule has 0 radical (unpaired) electrons. The Morgan fingerprint density at radius 2 is 1.95 bits per heavy atom. The van der Waals surface area contributed by atoms with Gasteiger partial charge < -0.3 is 19.6 Å². The number of ether oxygens (including phenoxy) is 1. The number of aromatic nitrogens is 5. The molecule has 10 heteroatoms. The number of H-pyrrole nitrogens is 2. The van der Waals surface area contributed by atoms with E-state index in [0.29, 0.717) is 41.6 Å². The van der Waals surface area contributed by atoms with Gasteiger partial charge in [0.05, 0.1) is 17.4 Å². The number of imidazole rings is 1. The molecule has 2 aliphatic rings. The standard InChI is InChI=1S/C31H31FN6O3/c1-18-15-23(4-5-24(18)32)38-29(37-12-10-33-31(37)40)28-19(2)36(11-7-26(28)35-38)30(39)27-17-22-16-21(3-6-25(22)34-27)20-8-13-41-14-9-20/h3-6,10,12,15-17,19-20,34H,7-9,11,13-14H2,1-2H3,(H,33,40)/t19-/m0/s1. The van der Waals surface area contributed by atoms with Crippen molar-refractivity contribution in [3.63, 3.8) is 0 Å². The predicted octanol–water partition coefficient (Wildman–Crippen LogP) is 4.93. The van der Waals surface area contributed by atoms with Gasteiger partial charge in [0.15, 0.2) is 0 Å². The van der Waals surface area contributed by atoms with Crippen LogP contribution in [0.15, 0.2) is 59.7 Å². The van der Waals surface area contributed by atoms with E-state index in [4.69, 9.17) is 9.84 Å². The van der Waals surface area contributed by atoms with Crippen molar-refractivity contribution in [3.05, 3.63) is 99.2 Å². The molecule has 0 spiro atoms. The number of aromatic amines is 2. The van der Waals surface area contributed by atoms with Crippen molar-refractivity contribution in [1.29, 1.82) is 0 Å². The highest BCUT2D eigenvalue weighted by atomic mass is 19.1. The lowest BCUT2D eigenvalue weighted by Crippen LogP contribution is -2.39. The molecule has 41 heavy (non-hydrogen) atoms. The second kappa shape index (κ2) is 9.88. The molecule has 9 nitrogen and oxygen atoms in total. The molecule has 1 saturated heterocycles. The quantitative estimate of drug-likeness (QED) is 0.329. The van der Waals surface area contributed by atoms with Gasteiger partial charge in [-0.25, -0.2) is 13.9 Å². The number of nitrogens with zero attached hydrogens (tertiary/aromatic N) is 4. The van der Waals surface area contributed by atoms with E-state index in [9.17, 15) is 14.0 Å². The van der Waals surface area contributed by atoms with Crippen LogP contribution in [0.2, 0.25) is 0 Å². The Balaban J connectivity index is 1.26. The summed E-state index contributed by atoms with van der Waals surface area (Å²) in [6.07, 6.45) is 5.75. The molecule has 1 fully saturated rings. The minimum Gasteiger partial charge on any atom is -0.381 e. The van der Waals surface area contributed by atoms with Crippen LogP contribution in [0.5, 0.6) is 0 Å². The maximum absolute atomic E-state index is 14.1. The van der Waals surface area contributed by atoms with E-state index in [0.717, 1.165) is 48.2 Å². The fourth-order valence-electron chi connectivity index (χ4n) is 6.30.